The Balaban J connectivity index is 2.17. The van der Waals surface area contributed by atoms with E-state index in [1.54, 1.807) is 0 Å². The predicted molar refractivity (Wildman–Crippen MR) is 76.2 cm³/mol. The first-order valence-electron chi connectivity index (χ1n) is 7.28. The highest BCUT2D eigenvalue weighted by Gasteiger charge is 2.22. The second-order valence-corrected chi connectivity index (χ2v) is 7.32. The molecule has 3 unspecified atom stereocenters. The molecule has 0 radical (unpaired) electrons. The van der Waals surface area contributed by atoms with E-state index in [4.69, 9.17) is 5.73 Å². The topological polar surface area (TPSA) is 55.1 Å². The van der Waals surface area contributed by atoms with Gasteiger partial charge in [0.25, 0.3) is 0 Å². The molecule has 1 aliphatic carbocycles. The van der Waals surface area contributed by atoms with Crippen LogP contribution in [0.3, 0.4) is 0 Å². The third-order valence-electron chi connectivity index (χ3n) is 3.71. The highest BCUT2D eigenvalue weighted by Crippen LogP contribution is 2.29. The van der Waals surface area contributed by atoms with Crippen LogP contribution in [0.4, 0.5) is 0 Å². The Morgan fingerprint density at radius 3 is 2.56 bits per heavy atom. The van der Waals surface area contributed by atoms with Gasteiger partial charge in [-0.15, -0.1) is 0 Å². The minimum Gasteiger partial charge on any atom is -0.356 e. The van der Waals surface area contributed by atoms with Crippen LogP contribution in [-0.2, 0) is 4.79 Å². The van der Waals surface area contributed by atoms with Crippen LogP contribution in [0, 0.1) is 17.3 Å². The molecule has 106 valence electrons. The van der Waals surface area contributed by atoms with Gasteiger partial charge in [0.2, 0.25) is 5.91 Å². The highest BCUT2D eigenvalue weighted by atomic mass is 16.1. The molecule has 18 heavy (non-hydrogen) atoms. The van der Waals surface area contributed by atoms with Crippen molar-refractivity contribution in [3.05, 3.63) is 0 Å². The molecule has 0 aromatic rings. The molecule has 3 heteroatoms. The lowest BCUT2D eigenvalue weighted by Gasteiger charge is -2.23. The van der Waals surface area contributed by atoms with Crippen molar-refractivity contribution in [2.75, 3.05) is 6.54 Å². The van der Waals surface area contributed by atoms with Gasteiger partial charge in [0.1, 0.15) is 0 Å². The fourth-order valence-corrected chi connectivity index (χ4v) is 2.94. The van der Waals surface area contributed by atoms with Gasteiger partial charge >= 0.3 is 0 Å². The zero-order valence-corrected chi connectivity index (χ0v) is 12.5. The van der Waals surface area contributed by atoms with E-state index in [0.29, 0.717) is 12.3 Å². The van der Waals surface area contributed by atoms with Gasteiger partial charge in [0.05, 0.1) is 0 Å². The van der Waals surface area contributed by atoms with E-state index in [2.05, 4.69) is 33.0 Å². The Hall–Kier alpha value is -0.570. The van der Waals surface area contributed by atoms with Crippen LogP contribution >= 0.6 is 0 Å². The van der Waals surface area contributed by atoms with Gasteiger partial charge in [-0.1, -0.05) is 34.1 Å². The number of nitrogens with two attached hydrogens (primary N) is 1. The van der Waals surface area contributed by atoms with Crippen LogP contribution < -0.4 is 11.1 Å². The lowest BCUT2D eigenvalue weighted by Crippen LogP contribution is -2.35. The monoisotopic (exact) mass is 254 g/mol. The molecule has 0 aromatic heterocycles. The highest BCUT2D eigenvalue weighted by molar-refractivity contribution is 5.76. The maximum Gasteiger partial charge on any atom is 0.221 e. The Bertz CT molecular complexity index is 270. The standard InChI is InChI=1S/C15H30N2O/c1-11-5-6-12(7-11)10-17-14(18)8-13(16)9-15(2,3)4/h11-13H,5-10,16H2,1-4H3,(H,17,18). The maximum atomic E-state index is 11.8. The molecular formula is C15H30N2O. The Morgan fingerprint density at radius 2 is 2.06 bits per heavy atom. The molecule has 0 aromatic carbocycles. The minimum absolute atomic E-state index is 0.0208. The molecule has 0 bridgehead atoms. The fourth-order valence-electron chi connectivity index (χ4n) is 2.94. The van der Waals surface area contributed by atoms with Crippen LogP contribution in [0.2, 0.25) is 0 Å². The van der Waals surface area contributed by atoms with Crippen molar-refractivity contribution >= 4 is 5.91 Å². The summed E-state index contributed by atoms with van der Waals surface area (Å²) in [4.78, 5) is 11.8. The van der Waals surface area contributed by atoms with Gasteiger partial charge in [0, 0.05) is 19.0 Å². The van der Waals surface area contributed by atoms with Crippen molar-refractivity contribution < 1.29 is 4.79 Å². The SMILES string of the molecule is CC1CCC(CNC(=O)CC(N)CC(C)(C)C)C1. The molecule has 0 aliphatic heterocycles. The second-order valence-electron chi connectivity index (χ2n) is 7.32. The summed E-state index contributed by atoms with van der Waals surface area (Å²) >= 11 is 0. The third-order valence-corrected chi connectivity index (χ3v) is 3.71. The second kappa shape index (κ2) is 6.55. The lowest BCUT2D eigenvalue weighted by atomic mass is 9.87. The summed E-state index contributed by atoms with van der Waals surface area (Å²) in [5.74, 6) is 1.63. The van der Waals surface area contributed by atoms with Gasteiger partial charge < -0.3 is 11.1 Å². The summed E-state index contributed by atoms with van der Waals surface area (Å²) in [5.41, 5.74) is 6.20. The van der Waals surface area contributed by atoms with Crippen LogP contribution in [-0.4, -0.2) is 18.5 Å². The van der Waals surface area contributed by atoms with Crippen LogP contribution in [0.25, 0.3) is 0 Å². The third kappa shape index (κ3) is 6.39. The average molecular weight is 254 g/mol. The van der Waals surface area contributed by atoms with Crippen molar-refractivity contribution in [3.63, 3.8) is 0 Å². The normalized spacial score (nSPS) is 26.1. The van der Waals surface area contributed by atoms with Crippen molar-refractivity contribution in [1.29, 1.82) is 0 Å². The first-order valence-corrected chi connectivity index (χ1v) is 7.28. The summed E-state index contributed by atoms with van der Waals surface area (Å²) < 4.78 is 0. The number of carbonyl (C=O) groups excluding carboxylic acids is 1. The smallest absolute Gasteiger partial charge is 0.221 e. The molecule has 0 spiro atoms. The van der Waals surface area contributed by atoms with E-state index in [1.165, 1.54) is 19.3 Å². The van der Waals surface area contributed by atoms with Crippen LogP contribution in [0.5, 0.6) is 0 Å². The molecule has 3 atom stereocenters. The molecule has 3 nitrogen and oxygen atoms in total. The van der Waals surface area contributed by atoms with E-state index in [0.717, 1.165) is 18.9 Å². The zero-order chi connectivity index (χ0) is 13.8. The van der Waals surface area contributed by atoms with E-state index in [9.17, 15) is 4.79 Å². The number of carbonyl (C=O) groups is 1. The van der Waals surface area contributed by atoms with Crippen LogP contribution in [0.15, 0.2) is 0 Å². The molecule has 0 heterocycles. The molecule has 1 rings (SSSR count). The van der Waals surface area contributed by atoms with Gasteiger partial charge in [-0.3, -0.25) is 4.79 Å². The minimum atomic E-state index is -0.0208. The molecule has 1 fully saturated rings. The quantitative estimate of drug-likeness (QED) is 0.792. The fraction of sp³-hybridized carbons (Fsp3) is 0.933. The van der Waals surface area contributed by atoms with Gasteiger partial charge in [0.15, 0.2) is 0 Å². The van der Waals surface area contributed by atoms with Gasteiger partial charge in [-0.2, -0.15) is 0 Å². The number of hydrogen-bond donors (Lipinski definition) is 2. The molecule has 1 saturated carbocycles. The van der Waals surface area contributed by atoms with Gasteiger partial charge in [-0.25, -0.2) is 0 Å². The number of rotatable bonds is 5. The number of nitrogens with one attached hydrogen (secondary N) is 1. The largest absolute Gasteiger partial charge is 0.356 e. The summed E-state index contributed by atoms with van der Waals surface area (Å²) in [5, 5.41) is 3.04. The van der Waals surface area contributed by atoms with Gasteiger partial charge in [-0.05, 0) is 36.5 Å². The van der Waals surface area contributed by atoms with Crippen LogP contribution in [0.1, 0.15) is 59.8 Å². The van der Waals surface area contributed by atoms with Crippen molar-refractivity contribution in [2.45, 2.75) is 65.8 Å². The number of amides is 1. The molecule has 3 N–H and O–H groups in total. The van der Waals surface area contributed by atoms with E-state index in [1.807, 2.05) is 0 Å². The maximum absolute atomic E-state index is 11.8. The lowest BCUT2D eigenvalue weighted by molar-refractivity contribution is -0.121. The zero-order valence-electron chi connectivity index (χ0n) is 12.5. The first kappa shape index (κ1) is 15.5. The molecular weight excluding hydrogens is 224 g/mol. The predicted octanol–water partition coefficient (Wildman–Crippen LogP) is 2.69. The first-order chi connectivity index (χ1) is 8.26. The molecule has 1 amide bonds. The summed E-state index contributed by atoms with van der Waals surface area (Å²) in [6, 6.07) is -0.0208. The van der Waals surface area contributed by atoms with E-state index >= 15 is 0 Å². The summed E-state index contributed by atoms with van der Waals surface area (Å²) in [6.45, 7) is 9.60. The Labute approximate surface area is 112 Å². The molecule has 1 aliphatic rings. The van der Waals surface area contributed by atoms with E-state index < -0.39 is 0 Å². The van der Waals surface area contributed by atoms with Crippen molar-refractivity contribution in [3.8, 4) is 0 Å². The average Bonchev–Trinajstić information content (AvgIpc) is 2.58. The van der Waals surface area contributed by atoms with Crippen molar-refractivity contribution in [2.24, 2.45) is 23.0 Å². The number of hydrogen-bond acceptors (Lipinski definition) is 2. The Kier molecular flexibility index (Phi) is 5.64. The van der Waals surface area contributed by atoms with E-state index in [-0.39, 0.29) is 17.4 Å². The molecule has 0 saturated heterocycles. The van der Waals surface area contributed by atoms with Crippen molar-refractivity contribution in [1.82, 2.24) is 5.32 Å². The summed E-state index contributed by atoms with van der Waals surface area (Å²) in [7, 11) is 0. The summed E-state index contributed by atoms with van der Waals surface area (Å²) in [6.07, 6.45) is 5.17. The Morgan fingerprint density at radius 1 is 1.39 bits per heavy atom.